The van der Waals surface area contributed by atoms with E-state index in [4.69, 9.17) is 9.47 Å². The lowest BCUT2D eigenvalue weighted by Gasteiger charge is -2.18. The van der Waals surface area contributed by atoms with Crippen LogP contribution in [0.3, 0.4) is 0 Å². The Morgan fingerprint density at radius 2 is 1.94 bits per heavy atom. The van der Waals surface area contributed by atoms with Crippen molar-refractivity contribution < 1.29 is 9.47 Å². The molecule has 0 aliphatic rings. The molecule has 0 heterocycles. The number of hydrogen-bond acceptors (Lipinski definition) is 2. The van der Waals surface area contributed by atoms with E-state index in [1.54, 1.807) is 7.11 Å². The minimum absolute atomic E-state index is 0.321. The quantitative estimate of drug-likeness (QED) is 0.750. The molecule has 17 heavy (non-hydrogen) atoms. The second-order valence-corrected chi connectivity index (χ2v) is 6.24. The number of benzene rings is 1. The van der Waals surface area contributed by atoms with Crippen LogP contribution in [-0.4, -0.2) is 13.7 Å². The molecule has 0 aromatic heterocycles. The zero-order chi connectivity index (χ0) is 12.9. The van der Waals surface area contributed by atoms with E-state index in [1.165, 1.54) is 0 Å². The number of ether oxygens (including phenoxy) is 2. The third-order valence-electron chi connectivity index (χ3n) is 2.50. The lowest BCUT2D eigenvalue weighted by molar-refractivity contribution is 0.0948. The number of rotatable bonds is 5. The Bertz CT molecular complexity index is 356. The van der Waals surface area contributed by atoms with Gasteiger partial charge in [-0.3, -0.25) is 0 Å². The fraction of sp³-hybridized carbons (Fsp3) is 0.571. The molecule has 0 bridgehead atoms. The zero-order valence-electron chi connectivity index (χ0n) is 11.0. The molecular formula is C14H21BrO2. The van der Waals surface area contributed by atoms with Gasteiger partial charge in [-0.15, -0.1) is 0 Å². The molecule has 0 unspecified atom stereocenters. The van der Waals surface area contributed by atoms with Gasteiger partial charge in [-0.1, -0.05) is 36.7 Å². The predicted molar refractivity (Wildman–Crippen MR) is 74.4 cm³/mol. The Morgan fingerprint density at radius 1 is 1.24 bits per heavy atom. The van der Waals surface area contributed by atoms with Crippen molar-refractivity contribution in [2.24, 2.45) is 5.41 Å². The summed E-state index contributed by atoms with van der Waals surface area (Å²) in [5.74, 6) is 0.879. The lowest BCUT2D eigenvalue weighted by Crippen LogP contribution is -2.09. The standard InChI is InChI=1S/C14H21BrO2/c1-14(2,3)7-8-17-10-11-9-12(15)5-6-13(11)16-4/h5-6,9H,7-8,10H2,1-4H3. The van der Waals surface area contributed by atoms with E-state index in [2.05, 4.69) is 36.7 Å². The molecule has 2 nitrogen and oxygen atoms in total. The highest BCUT2D eigenvalue weighted by molar-refractivity contribution is 9.10. The Labute approximate surface area is 112 Å². The van der Waals surface area contributed by atoms with Crippen molar-refractivity contribution in [2.75, 3.05) is 13.7 Å². The van der Waals surface area contributed by atoms with Gasteiger partial charge in [0.15, 0.2) is 0 Å². The first-order chi connectivity index (χ1) is 7.92. The molecule has 0 aliphatic heterocycles. The fourth-order valence-corrected chi connectivity index (χ4v) is 1.83. The van der Waals surface area contributed by atoms with E-state index in [1.807, 2.05) is 18.2 Å². The van der Waals surface area contributed by atoms with E-state index in [-0.39, 0.29) is 0 Å². The van der Waals surface area contributed by atoms with E-state index in [9.17, 15) is 0 Å². The highest BCUT2D eigenvalue weighted by Crippen LogP contribution is 2.24. The molecule has 0 amide bonds. The van der Waals surface area contributed by atoms with Crippen LogP contribution in [-0.2, 0) is 11.3 Å². The molecule has 1 aromatic carbocycles. The molecule has 0 radical (unpaired) electrons. The number of hydrogen-bond donors (Lipinski definition) is 0. The minimum atomic E-state index is 0.321. The van der Waals surface area contributed by atoms with Crippen LogP contribution in [0.15, 0.2) is 22.7 Å². The Morgan fingerprint density at radius 3 is 2.53 bits per heavy atom. The molecule has 0 saturated heterocycles. The monoisotopic (exact) mass is 300 g/mol. The normalized spacial score (nSPS) is 11.6. The van der Waals surface area contributed by atoms with Crippen molar-refractivity contribution in [3.05, 3.63) is 28.2 Å². The fourth-order valence-electron chi connectivity index (χ4n) is 1.42. The average molecular weight is 301 g/mol. The highest BCUT2D eigenvalue weighted by Gasteiger charge is 2.10. The van der Waals surface area contributed by atoms with E-state index >= 15 is 0 Å². The van der Waals surface area contributed by atoms with Gasteiger partial charge in [0.1, 0.15) is 5.75 Å². The van der Waals surface area contributed by atoms with Gasteiger partial charge in [-0.25, -0.2) is 0 Å². The lowest BCUT2D eigenvalue weighted by atomic mass is 9.93. The maximum absolute atomic E-state index is 5.69. The predicted octanol–water partition coefficient (Wildman–Crippen LogP) is 4.41. The molecule has 1 rings (SSSR count). The van der Waals surface area contributed by atoms with Crippen LogP contribution in [0.4, 0.5) is 0 Å². The van der Waals surface area contributed by atoms with Gasteiger partial charge < -0.3 is 9.47 Å². The van der Waals surface area contributed by atoms with Gasteiger partial charge in [0, 0.05) is 16.6 Å². The van der Waals surface area contributed by atoms with Gasteiger partial charge in [0.2, 0.25) is 0 Å². The second kappa shape index (κ2) is 6.41. The SMILES string of the molecule is COc1ccc(Br)cc1COCCC(C)(C)C. The van der Waals surface area contributed by atoms with Crippen molar-refractivity contribution >= 4 is 15.9 Å². The highest BCUT2D eigenvalue weighted by atomic mass is 79.9. The first-order valence-corrected chi connectivity index (χ1v) is 6.62. The summed E-state index contributed by atoms with van der Waals surface area (Å²) in [5, 5.41) is 0. The van der Waals surface area contributed by atoms with Gasteiger partial charge in [0.25, 0.3) is 0 Å². The first-order valence-electron chi connectivity index (χ1n) is 5.82. The summed E-state index contributed by atoms with van der Waals surface area (Å²) in [6, 6.07) is 5.96. The summed E-state index contributed by atoms with van der Waals surface area (Å²) in [7, 11) is 1.68. The summed E-state index contributed by atoms with van der Waals surface area (Å²) in [4.78, 5) is 0. The maximum Gasteiger partial charge on any atom is 0.124 e. The van der Waals surface area contributed by atoms with Crippen LogP contribution >= 0.6 is 15.9 Å². The Kier molecular flexibility index (Phi) is 5.47. The Hall–Kier alpha value is -0.540. The molecule has 0 aliphatic carbocycles. The summed E-state index contributed by atoms with van der Waals surface area (Å²) < 4.78 is 12.0. The van der Waals surface area contributed by atoms with Crippen LogP contribution in [0.5, 0.6) is 5.75 Å². The van der Waals surface area contributed by atoms with E-state index in [0.717, 1.165) is 28.8 Å². The summed E-state index contributed by atoms with van der Waals surface area (Å²) >= 11 is 3.46. The third-order valence-corrected chi connectivity index (χ3v) is 2.99. The topological polar surface area (TPSA) is 18.5 Å². The van der Waals surface area contributed by atoms with Gasteiger partial charge in [-0.05, 0) is 30.0 Å². The summed E-state index contributed by atoms with van der Waals surface area (Å²) in [5.41, 5.74) is 1.40. The van der Waals surface area contributed by atoms with E-state index in [0.29, 0.717) is 12.0 Å². The maximum atomic E-state index is 5.69. The van der Waals surface area contributed by atoms with Crippen molar-refractivity contribution in [1.29, 1.82) is 0 Å². The van der Waals surface area contributed by atoms with Crippen LogP contribution < -0.4 is 4.74 Å². The molecule has 1 aromatic rings. The third kappa shape index (κ3) is 5.55. The van der Waals surface area contributed by atoms with Crippen molar-refractivity contribution in [3.63, 3.8) is 0 Å². The van der Waals surface area contributed by atoms with Crippen molar-refractivity contribution in [1.82, 2.24) is 0 Å². The smallest absolute Gasteiger partial charge is 0.124 e. The molecule has 0 spiro atoms. The largest absolute Gasteiger partial charge is 0.496 e. The molecule has 0 N–H and O–H groups in total. The Balaban J connectivity index is 2.48. The molecule has 0 fully saturated rings. The van der Waals surface area contributed by atoms with Gasteiger partial charge in [-0.2, -0.15) is 0 Å². The van der Waals surface area contributed by atoms with Crippen molar-refractivity contribution in [3.8, 4) is 5.75 Å². The minimum Gasteiger partial charge on any atom is -0.496 e. The number of halogens is 1. The number of methoxy groups -OCH3 is 1. The van der Waals surface area contributed by atoms with Crippen molar-refractivity contribution in [2.45, 2.75) is 33.8 Å². The van der Waals surface area contributed by atoms with Gasteiger partial charge in [0.05, 0.1) is 13.7 Å². The summed E-state index contributed by atoms with van der Waals surface area (Å²) in [6.45, 7) is 8.03. The van der Waals surface area contributed by atoms with Gasteiger partial charge >= 0.3 is 0 Å². The molecule has 3 heteroatoms. The van der Waals surface area contributed by atoms with Crippen LogP contribution in [0.2, 0.25) is 0 Å². The van der Waals surface area contributed by atoms with Crippen LogP contribution in [0, 0.1) is 5.41 Å². The van der Waals surface area contributed by atoms with Crippen LogP contribution in [0.25, 0.3) is 0 Å². The molecule has 0 saturated carbocycles. The second-order valence-electron chi connectivity index (χ2n) is 5.32. The molecule has 0 atom stereocenters. The molecule has 96 valence electrons. The first kappa shape index (κ1) is 14.5. The summed E-state index contributed by atoms with van der Waals surface area (Å²) in [6.07, 6.45) is 1.06. The molecular weight excluding hydrogens is 280 g/mol. The average Bonchev–Trinajstić information content (AvgIpc) is 2.23. The zero-order valence-corrected chi connectivity index (χ0v) is 12.6. The van der Waals surface area contributed by atoms with Crippen LogP contribution in [0.1, 0.15) is 32.8 Å². The van der Waals surface area contributed by atoms with E-state index < -0.39 is 0 Å².